The van der Waals surface area contributed by atoms with E-state index in [1.54, 1.807) is 4.90 Å². The lowest BCUT2D eigenvalue weighted by Crippen LogP contribution is -2.50. The van der Waals surface area contributed by atoms with E-state index in [4.69, 9.17) is 4.74 Å². The molecule has 0 unspecified atom stereocenters. The number of benzene rings is 1. The largest absolute Gasteiger partial charge is 0.444 e. The van der Waals surface area contributed by atoms with Crippen molar-refractivity contribution in [1.82, 2.24) is 9.80 Å². The number of carbonyl (C=O) groups excluding carboxylic acids is 1. The van der Waals surface area contributed by atoms with Crippen LogP contribution in [0.3, 0.4) is 0 Å². The normalized spacial score (nSPS) is 18.1. The zero-order chi connectivity index (χ0) is 16.3. The molecule has 1 aliphatic heterocycles. The first-order valence-electron chi connectivity index (χ1n) is 7.74. The molecule has 1 aromatic carbocycles. The molecule has 1 heterocycles. The Labute approximate surface area is 141 Å². The van der Waals surface area contributed by atoms with Gasteiger partial charge in [0.25, 0.3) is 0 Å². The fraction of sp³-hybridized carbons (Fsp3) is 0.588. The highest BCUT2D eigenvalue weighted by Gasteiger charge is 2.27. The topological polar surface area (TPSA) is 32.8 Å². The summed E-state index contributed by atoms with van der Waals surface area (Å²) >= 11 is 3.52. The van der Waals surface area contributed by atoms with Crippen LogP contribution in [0.4, 0.5) is 4.79 Å². The minimum absolute atomic E-state index is 0.206. The van der Waals surface area contributed by atoms with E-state index < -0.39 is 5.60 Å². The molecule has 1 amide bonds. The van der Waals surface area contributed by atoms with Gasteiger partial charge in [0.1, 0.15) is 5.60 Å². The minimum Gasteiger partial charge on any atom is -0.444 e. The molecule has 5 heteroatoms. The number of carbonyl (C=O) groups is 1. The Kier molecular flexibility index (Phi) is 5.50. The molecule has 0 aromatic heterocycles. The average molecular weight is 369 g/mol. The van der Waals surface area contributed by atoms with Crippen LogP contribution >= 0.6 is 15.9 Å². The van der Waals surface area contributed by atoms with Crippen molar-refractivity contribution in [2.24, 2.45) is 0 Å². The Morgan fingerprint density at radius 3 is 2.41 bits per heavy atom. The van der Waals surface area contributed by atoms with E-state index in [2.05, 4.69) is 46.0 Å². The van der Waals surface area contributed by atoms with Gasteiger partial charge in [-0.3, -0.25) is 4.90 Å². The quantitative estimate of drug-likeness (QED) is 0.788. The summed E-state index contributed by atoms with van der Waals surface area (Å²) in [5.74, 6) is 0. The van der Waals surface area contributed by atoms with E-state index in [9.17, 15) is 4.79 Å². The summed E-state index contributed by atoms with van der Waals surface area (Å²) in [6.07, 6.45) is -0.206. The molecule has 1 saturated heterocycles. The lowest BCUT2D eigenvalue weighted by molar-refractivity contribution is 0.0110. The van der Waals surface area contributed by atoms with Gasteiger partial charge in [-0.05, 0) is 45.4 Å². The number of ether oxygens (including phenoxy) is 1. The van der Waals surface area contributed by atoms with Gasteiger partial charge < -0.3 is 9.64 Å². The maximum atomic E-state index is 12.1. The summed E-state index contributed by atoms with van der Waals surface area (Å²) in [6.45, 7) is 11.1. The summed E-state index contributed by atoms with van der Waals surface area (Å²) in [4.78, 5) is 16.3. The number of halogens is 1. The first-order chi connectivity index (χ1) is 10.3. The molecule has 1 aliphatic rings. The number of hydrogen-bond acceptors (Lipinski definition) is 3. The molecule has 1 aromatic rings. The summed E-state index contributed by atoms with van der Waals surface area (Å²) < 4.78 is 6.54. The highest BCUT2D eigenvalue weighted by molar-refractivity contribution is 9.10. The number of piperazine rings is 1. The van der Waals surface area contributed by atoms with Crippen molar-refractivity contribution >= 4 is 22.0 Å². The molecule has 2 rings (SSSR count). The first kappa shape index (κ1) is 17.3. The second kappa shape index (κ2) is 7.01. The minimum atomic E-state index is -0.433. The van der Waals surface area contributed by atoms with E-state index in [0.29, 0.717) is 19.1 Å². The lowest BCUT2D eigenvalue weighted by Gasteiger charge is -2.38. The van der Waals surface area contributed by atoms with Crippen LogP contribution in [0.15, 0.2) is 28.7 Å². The molecule has 4 nitrogen and oxygen atoms in total. The summed E-state index contributed by atoms with van der Waals surface area (Å²) in [5.41, 5.74) is 0.859. The van der Waals surface area contributed by atoms with Gasteiger partial charge in [0.05, 0.1) is 0 Å². The molecule has 0 radical (unpaired) electrons. The maximum absolute atomic E-state index is 12.1. The van der Waals surface area contributed by atoms with Gasteiger partial charge >= 0.3 is 6.09 Å². The van der Waals surface area contributed by atoms with Crippen molar-refractivity contribution < 1.29 is 9.53 Å². The molecule has 122 valence electrons. The monoisotopic (exact) mass is 368 g/mol. The zero-order valence-corrected chi connectivity index (χ0v) is 15.4. The predicted octanol–water partition coefficient (Wildman–Crippen LogP) is 4.06. The SMILES string of the molecule is C[C@@H](c1cccc(Br)c1)N1CCN(C(=O)OC(C)(C)C)CC1. The average Bonchev–Trinajstić information content (AvgIpc) is 2.45. The molecular formula is C17H25BrN2O2. The van der Waals surface area contributed by atoms with Crippen molar-refractivity contribution in [1.29, 1.82) is 0 Å². The second-order valence-corrected chi connectivity index (χ2v) is 7.65. The van der Waals surface area contributed by atoms with E-state index in [1.807, 2.05) is 26.8 Å². The summed E-state index contributed by atoms with van der Waals surface area (Å²) in [7, 11) is 0. The van der Waals surface area contributed by atoms with E-state index in [0.717, 1.165) is 17.6 Å². The molecule has 1 atom stereocenters. The van der Waals surface area contributed by atoms with Gasteiger partial charge in [0.15, 0.2) is 0 Å². The third-order valence-corrected chi connectivity index (χ3v) is 4.34. The van der Waals surface area contributed by atoms with Crippen molar-refractivity contribution in [3.63, 3.8) is 0 Å². The van der Waals surface area contributed by atoms with Crippen LogP contribution in [0, 0.1) is 0 Å². The van der Waals surface area contributed by atoms with E-state index in [-0.39, 0.29) is 6.09 Å². The fourth-order valence-corrected chi connectivity index (χ4v) is 3.01. The molecule has 0 saturated carbocycles. The third kappa shape index (κ3) is 4.71. The van der Waals surface area contributed by atoms with Crippen molar-refractivity contribution in [3.05, 3.63) is 34.3 Å². The Bertz CT molecular complexity index is 520. The third-order valence-electron chi connectivity index (χ3n) is 3.84. The zero-order valence-electron chi connectivity index (χ0n) is 13.8. The predicted molar refractivity (Wildman–Crippen MR) is 91.9 cm³/mol. The lowest BCUT2D eigenvalue weighted by atomic mass is 10.1. The standard InChI is InChI=1S/C17H25BrN2O2/c1-13(14-6-5-7-15(18)12-14)19-8-10-20(11-9-19)16(21)22-17(2,3)4/h5-7,12-13H,8-11H2,1-4H3/t13-/m0/s1. The highest BCUT2D eigenvalue weighted by Crippen LogP contribution is 2.24. The fourth-order valence-electron chi connectivity index (χ4n) is 2.60. The Hall–Kier alpha value is -1.07. The van der Waals surface area contributed by atoms with Crippen LogP contribution in [-0.4, -0.2) is 47.7 Å². The van der Waals surface area contributed by atoms with Crippen LogP contribution < -0.4 is 0 Å². The molecule has 0 N–H and O–H groups in total. The van der Waals surface area contributed by atoms with Crippen LogP contribution in [0.5, 0.6) is 0 Å². The first-order valence-corrected chi connectivity index (χ1v) is 8.53. The Balaban J connectivity index is 1.90. The van der Waals surface area contributed by atoms with Gasteiger partial charge in [-0.15, -0.1) is 0 Å². The van der Waals surface area contributed by atoms with Crippen molar-refractivity contribution in [2.75, 3.05) is 26.2 Å². The molecule has 1 fully saturated rings. The smallest absolute Gasteiger partial charge is 0.410 e. The number of hydrogen-bond donors (Lipinski definition) is 0. The summed E-state index contributed by atoms with van der Waals surface area (Å²) in [5, 5.41) is 0. The van der Waals surface area contributed by atoms with E-state index >= 15 is 0 Å². The van der Waals surface area contributed by atoms with Crippen LogP contribution in [0.2, 0.25) is 0 Å². The molecular weight excluding hydrogens is 344 g/mol. The van der Waals surface area contributed by atoms with Gasteiger partial charge in [-0.25, -0.2) is 4.79 Å². The van der Waals surface area contributed by atoms with Gasteiger partial charge in [-0.1, -0.05) is 28.1 Å². The summed E-state index contributed by atoms with van der Waals surface area (Å²) in [6, 6.07) is 8.75. The van der Waals surface area contributed by atoms with Crippen LogP contribution in [0.25, 0.3) is 0 Å². The maximum Gasteiger partial charge on any atom is 0.410 e. The van der Waals surface area contributed by atoms with Gasteiger partial charge in [0, 0.05) is 36.7 Å². The number of nitrogens with zero attached hydrogens (tertiary/aromatic N) is 2. The van der Waals surface area contributed by atoms with E-state index in [1.165, 1.54) is 5.56 Å². The molecule has 22 heavy (non-hydrogen) atoms. The Morgan fingerprint density at radius 1 is 1.23 bits per heavy atom. The van der Waals surface area contributed by atoms with Crippen molar-refractivity contribution in [2.45, 2.75) is 39.3 Å². The number of rotatable bonds is 2. The molecule has 0 aliphatic carbocycles. The molecule has 0 bridgehead atoms. The molecule has 0 spiro atoms. The second-order valence-electron chi connectivity index (χ2n) is 6.73. The van der Waals surface area contributed by atoms with Gasteiger partial charge in [-0.2, -0.15) is 0 Å². The number of amides is 1. The Morgan fingerprint density at radius 2 is 1.86 bits per heavy atom. The van der Waals surface area contributed by atoms with Crippen molar-refractivity contribution in [3.8, 4) is 0 Å². The van der Waals surface area contributed by atoms with Crippen LogP contribution in [0.1, 0.15) is 39.3 Å². The van der Waals surface area contributed by atoms with Crippen LogP contribution in [-0.2, 0) is 4.74 Å². The highest BCUT2D eigenvalue weighted by atomic mass is 79.9. The van der Waals surface area contributed by atoms with Gasteiger partial charge in [0.2, 0.25) is 0 Å².